The lowest BCUT2D eigenvalue weighted by atomic mass is 9.96. The van der Waals surface area contributed by atoms with Crippen LogP contribution in [0.3, 0.4) is 0 Å². The predicted molar refractivity (Wildman–Crippen MR) is 85.7 cm³/mol. The summed E-state index contributed by atoms with van der Waals surface area (Å²) in [7, 11) is 0. The molecule has 0 aromatic heterocycles. The van der Waals surface area contributed by atoms with Crippen molar-refractivity contribution in [1.82, 2.24) is 10.6 Å². The Morgan fingerprint density at radius 1 is 0.900 bits per heavy atom. The SMILES string of the molecule is CC(=O)O[C@@H]1[C@@H](NC(=O)C(F)(F)F)[C@@H](Br)O[C@H](CNC(=O)C(F)(F)F)[C@H]1OC(C)=O. The molecule has 1 heterocycles. The van der Waals surface area contributed by atoms with Crippen LogP contribution < -0.4 is 10.6 Å². The van der Waals surface area contributed by atoms with Gasteiger partial charge in [0.2, 0.25) is 0 Å². The third-order valence-electron chi connectivity index (χ3n) is 3.51. The lowest BCUT2D eigenvalue weighted by molar-refractivity contribution is -0.207. The first kappa shape index (κ1) is 25.9. The van der Waals surface area contributed by atoms with Gasteiger partial charge in [0.1, 0.15) is 17.2 Å². The first-order chi connectivity index (χ1) is 13.5. The number of hydrogen-bond acceptors (Lipinski definition) is 7. The fraction of sp³-hybridized carbons (Fsp3) is 0.714. The second-order valence-electron chi connectivity index (χ2n) is 5.88. The van der Waals surface area contributed by atoms with Crippen molar-refractivity contribution in [2.24, 2.45) is 0 Å². The Hall–Kier alpha value is -2.10. The number of nitrogens with one attached hydrogen (secondary N) is 2. The van der Waals surface area contributed by atoms with Gasteiger partial charge in [0.05, 0.1) is 0 Å². The van der Waals surface area contributed by atoms with E-state index in [4.69, 9.17) is 14.2 Å². The van der Waals surface area contributed by atoms with Crippen molar-refractivity contribution in [2.75, 3.05) is 6.54 Å². The van der Waals surface area contributed by atoms with E-state index in [2.05, 4.69) is 15.9 Å². The van der Waals surface area contributed by atoms with E-state index in [1.54, 1.807) is 0 Å². The molecule has 1 aliphatic rings. The summed E-state index contributed by atoms with van der Waals surface area (Å²) in [6.45, 7) is 0.794. The van der Waals surface area contributed by atoms with Gasteiger partial charge in [0.15, 0.2) is 12.2 Å². The standard InChI is InChI=1S/C14H15BrF6N2O7/c1-4(24)28-8-6(3-22-11(26)13(16,17)18)30-10(15)7(9(8)29-5(2)25)23-12(27)14(19,20)21/h6-10H,3H2,1-2H3,(H,22,26)(H,23,27)/t6-,7-,8-,9-,10+/m1/s1. The second-order valence-corrected chi connectivity index (χ2v) is 6.78. The summed E-state index contributed by atoms with van der Waals surface area (Å²) in [5.41, 5.74) is 0. The molecule has 1 saturated heterocycles. The van der Waals surface area contributed by atoms with E-state index in [0.717, 1.165) is 13.8 Å². The van der Waals surface area contributed by atoms with Gasteiger partial charge >= 0.3 is 36.1 Å². The lowest BCUT2D eigenvalue weighted by Crippen LogP contribution is -2.66. The van der Waals surface area contributed by atoms with E-state index in [0.29, 0.717) is 0 Å². The molecule has 1 fully saturated rings. The quantitative estimate of drug-likeness (QED) is 0.313. The summed E-state index contributed by atoms with van der Waals surface area (Å²) in [6.07, 6.45) is -15.7. The normalized spacial score (nSPS) is 27.0. The van der Waals surface area contributed by atoms with E-state index < -0.39 is 72.0 Å². The Kier molecular flexibility index (Phi) is 8.48. The highest BCUT2D eigenvalue weighted by molar-refractivity contribution is 9.09. The van der Waals surface area contributed by atoms with Gasteiger partial charge in [-0.2, -0.15) is 26.3 Å². The van der Waals surface area contributed by atoms with Crippen LogP contribution in [0.1, 0.15) is 13.8 Å². The monoisotopic (exact) mass is 516 g/mol. The molecule has 16 heteroatoms. The molecule has 1 rings (SSSR count). The molecule has 0 bridgehead atoms. The van der Waals surface area contributed by atoms with Crippen molar-refractivity contribution < 1.29 is 59.7 Å². The van der Waals surface area contributed by atoms with Crippen LogP contribution in [0.2, 0.25) is 0 Å². The summed E-state index contributed by atoms with van der Waals surface area (Å²) in [4.78, 5) is 45.1. The summed E-state index contributed by atoms with van der Waals surface area (Å²) in [6, 6.07) is -1.76. The zero-order valence-corrected chi connectivity index (χ0v) is 16.7. The van der Waals surface area contributed by atoms with Crippen LogP contribution in [-0.2, 0) is 33.4 Å². The lowest BCUT2D eigenvalue weighted by Gasteiger charge is -2.44. The first-order valence-electron chi connectivity index (χ1n) is 7.90. The molecule has 0 radical (unpaired) electrons. The molecular weight excluding hydrogens is 502 g/mol. The number of hydrogen-bond donors (Lipinski definition) is 2. The van der Waals surface area contributed by atoms with Crippen LogP contribution in [0.15, 0.2) is 0 Å². The van der Waals surface area contributed by atoms with Crippen molar-refractivity contribution in [3.8, 4) is 0 Å². The number of ether oxygens (including phenoxy) is 3. The molecular formula is C14H15BrF6N2O7. The molecule has 0 spiro atoms. The summed E-state index contributed by atoms with van der Waals surface area (Å²) < 4.78 is 89.9. The number of carbonyl (C=O) groups is 4. The number of alkyl halides is 7. The molecule has 2 amide bonds. The van der Waals surface area contributed by atoms with Crippen LogP contribution >= 0.6 is 15.9 Å². The molecule has 2 N–H and O–H groups in total. The van der Waals surface area contributed by atoms with E-state index in [9.17, 15) is 45.5 Å². The van der Waals surface area contributed by atoms with Crippen molar-refractivity contribution in [2.45, 2.75) is 55.6 Å². The minimum Gasteiger partial charge on any atom is -0.456 e. The number of rotatable bonds is 5. The highest BCUT2D eigenvalue weighted by Gasteiger charge is 2.52. The molecule has 0 unspecified atom stereocenters. The molecule has 172 valence electrons. The summed E-state index contributed by atoms with van der Waals surface area (Å²) in [5.74, 6) is -6.93. The van der Waals surface area contributed by atoms with Crippen molar-refractivity contribution in [1.29, 1.82) is 0 Å². The highest BCUT2D eigenvalue weighted by atomic mass is 79.9. The van der Waals surface area contributed by atoms with Crippen molar-refractivity contribution in [3.63, 3.8) is 0 Å². The molecule has 0 aromatic rings. The smallest absolute Gasteiger partial charge is 0.456 e. The Labute approximate surface area is 172 Å². The molecule has 30 heavy (non-hydrogen) atoms. The Morgan fingerprint density at radius 3 is 1.80 bits per heavy atom. The molecule has 9 nitrogen and oxygen atoms in total. The number of esters is 2. The van der Waals surface area contributed by atoms with Gasteiger partial charge in [-0.1, -0.05) is 15.9 Å². The summed E-state index contributed by atoms with van der Waals surface area (Å²) in [5, 5.41) is 1.43. The van der Waals surface area contributed by atoms with Gasteiger partial charge in [-0.3, -0.25) is 19.2 Å². The minimum absolute atomic E-state index is 0.854. The van der Waals surface area contributed by atoms with Crippen LogP contribution in [0, 0.1) is 0 Å². The number of amides is 2. The van der Waals surface area contributed by atoms with Crippen molar-refractivity contribution >= 4 is 39.7 Å². The molecule has 5 atom stereocenters. The third kappa shape index (κ3) is 7.30. The highest BCUT2D eigenvalue weighted by Crippen LogP contribution is 2.30. The van der Waals surface area contributed by atoms with Gasteiger partial charge in [0.25, 0.3) is 0 Å². The van der Waals surface area contributed by atoms with Gasteiger partial charge in [-0.05, 0) is 0 Å². The molecule has 0 aliphatic carbocycles. The predicted octanol–water partition coefficient (Wildman–Crippen LogP) is 0.695. The number of halogens is 7. The van der Waals surface area contributed by atoms with E-state index >= 15 is 0 Å². The Morgan fingerprint density at radius 2 is 1.37 bits per heavy atom. The largest absolute Gasteiger partial charge is 0.471 e. The van der Waals surface area contributed by atoms with E-state index in [1.807, 2.05) is 0 Å². The van der Waals surface area contributed by atoms with Gasteiger partial charge in [0, 0.05) is 20.4 Å². The van der Waals surface area contributed by atoms with E-state index in [-0.39, 0.29) is 0 Å². The summed E-state index contributed by atoms with van der Waals surface area (Å²) >= 11 is 2.79. The van der Waals surface area contributed by atoms with Crippen LogP contribution in [0.25, 0.3) is 0 Å². The molecule has 0 aromatic carbocycles. The fourth-order valence-corrected chi connectivity index (χ4v) is 3.11. The maximum absolute atomic E-state index is 12.6. The second kappa shape index (κ2) is 9.80. The van der Waals surface area contributed by atoms with Crippen LogP contribution in [0.4, 0.5) is 26.3 Å². The molecule has 0 saturated carbocycles. The van der Waals surface area contributed by atoms with Gasteiger partial charge < -0.3 is 24.8 Å². The topological polar surface area (TPSA) is 120 Å². The average molecular weight is 517 g/mol. The van der Waals surface area contributed by atoms with Crippen molar-refractivity contribution in [3.05, 3.63) is 0 Å². The average Bonchev–Trinajstić information content (AvgIpc) is 2.55. The van der Waals surface area contributed by atoms with Gasteiger partial charge in [-0.15, -0.1) is 0 Å². The third-order valence-corrected chi connectivity index (χ3v) is 4.30. The Bertz CT molecular complexity index is 687. The zero-order valence-electron chi connectivity index (χ0n) is 15.1. The van der Waals surface area contributed by atoms with Crippen LogP contribution in [-0.4, -0.2) is 72.0 Å². The maximum atomic E-state index is 12.6. The van der Waals surface area contributed by atoms with E-state index in [1.165, 1.54) is 10.6 Å². The zero-order chi connectivity index (χ0) is 23.4. The maximum Gasteiger partial charge on any atom is 0.471 e. The fourth-order valence-electron chi connectivity index (χ4n) is 2.40. The molecule has 1 aliphatic heterocycles. The van der Waals surface area contributed by atoms with Gasteiger partial charge in [-0.25, -0.2) is 0 Å². The Balaban J connectivity index is 3.19. The minimum atomic E-state index is -5.33. The first-order valence-corrected chi connectivity index (χ1v) is 8.82. The van der Waals surface area contributed by atoms with Crippen LogP contribution in [0.5, 0.6) is 0 Å². The number of carbonyl (C=O) groups excluding carboxylic acids is 4.